The van der Waals surface area contributed by atoms with Crippen molar-refractivity contribution in [1.29, 1.82) is 0 Å². The van der Waals surface area contributed by atoms with E-state index < -0.39 is 46.8 Å². The third kappa shape index (κ3) is 4.49. The molecule has 6 nitrogen and oxygen atoms in total. The van der Waals surface area contributed by atoms with Crippen molar-refractivity contribution in [3.05, 3.63) is 93.0 Å². The highest BCUT2D eigenvalue weighted by atomic mass is 35.5. The monoisotopic (exact) mass is 563 g/mol. The van der Waals surface area contributed by atoms with Gasteiger partial charge in [-0.25, -0.2) is 8.78 Å². The number of amides is 2. The van der Waals surface area contributed by atoms with E-state index in [-0.39, 0.29) is 33.0 Å². The lowest BCUT2D eigenvalue weighted by Gasteiger charge is -2.56. The van der Waals surface area contributed by atoms with Crippen molar-refractivity contribution in [1.82, 2.24) is 5.32 Å². The molecule has 3 aromatic carbocycles. The fourth-order valence-electron chi connectivity index (χ4n) is 5.22. The van der Waals surface area contributed by atoms with Crippen LogP contribution < -0.4 is 15.5 Å². The smallest absolute Gasteiger partial charge is 0.371 e. The minimum atomic E-state index is -4.87. The van der Waals surface area contributed by atoms with E-state index in [1.807, 2.05) is 4.90 Å². The van der Waals surface area contributed by atoms with Gasteiger partial charge in [0, 0.05) is 58.2 Å². The van der Waals surface area contributed by atoms with Crippen LogP contribution in [0.4, 0.5) is 33.3 Å². The molecular formula is C27H19ClF5N3O3. The van der Waals surface area contributed by atoms with Gasteiger partial charge in [0.25, 0.3) is 11.8 Å². The summed E-state index contributed by atoms with van der Waals surface area (Å²) in [5.41, 5.74) is -0.818. The maximum absolute atomic E-state index is 14.1. The fraction of sp³-hybridized carbons (Fsp3) is 0.259. The van der Waals surface area contributed by atoms with E-state index in [1.165, 1.54) is 6.07 Å². The van der Waals surface area contributed by atoms with Gasteiger partial charge in [-0.15, -0.1) is 0 Å². The van der Waals surface area contributed by atoms with Gasteiger partial charge in [0.2, 0.25) is 0 Å². The molecule has 0 aliphatic carbocycles. The quantitative estimate of drug-likeness (QED) is 0.400. The number of hydrogen-bond acceptors (Lipinski definition) is 4. The first kappa shape index (κ1) is 25.6. The molecule has 39 heavy (non-hydrogen) atoms. The fourth-order valence-corrected chi connectivity index (χ4v) is 5.45. The van der Waals surface area contributed by atoms with Crippen LogP contribution in [0.5, 0.6) is 0 Å². The first-order chi connectivity index (χ1) is 18.4. The Hall–Kier alpha value is -3.70. The Morgan fingerprint density at radius 3 is 2.49 bits per heavy atom. The van der Waals surface area contributed by atoms with Crippen LogP contribution in [0, 0.1) is 11.6 Å². The summed E-state index contributed by atoms with van der Waals surface area (Å²) in [6.45, 7) is 1.77. The van der Waals surface area contributed by atoms with Crippen molar-refractivity contribution in [2.75, 3.05) is 29.9 Å². The standard InChI is InChI=1S/C27H19ClF5N3O3/c28-20-2-1-15(29)8-18(20)23-22-19(25(38)35-23)9-17(36-11-26(12-36)3-4-39-26)10-21(22)34-24(37)13-5-14(27(31,32)33)7-16(30)6-13/h1-2,5-10,23H,3-4,11-12H2,(H,34,37)(H,35,38). The van der Waals surface area contributed by atoms with Crippen LogP contribution in [0.1, 0.15) is 49.9 Å². The number of halogens is 6. The number of benzene rings is 3. The number of carbonyl (C=O) groups is 2. The molecule has 0 radical (unpaired) electrons. The Morgan fingerprint density at radius 2 is 1.82 bits per heavy atom. The van der Waals surface area contributed by atoms with E-state index in [0.29, 0.717) is 43.6 Å². The summed E-state index contributed by atoms with van der Waals surface area (Å²) >= 11 is 6.31. The van der Waals surface area contributed by atoms with Crippen LogP contribution in [-0.4, -0.2) is 37.1 Å². The van der Waals surface area contributed by atoms with Crippen molar-refractivity contribution in [3.8, 4) is 0 Å². The molecule has 2 saturated heterocycles. The van der Waals surface area contributed by atoms with Crippen molar-refractivity contribution in [2.45, 2.75) is 24.2 Å². The summed E-state index contributed by atoms with van der Waals surface area (Å²) in [4.78, 5) is 28.1. The van der Waals surface area contributed by atoms with Gasteiger partial charge in [-0.3, -0.25) is 9.59 Å². The van der Waals surface area contributed by atoms with Crippen LogP contribution in [0.3, 0.4) is 0 Å². The Bertz CT molecular complexity index is 1530. The van der Waals surface area contributed by atoms with Gasteiger partial charge in [-0.2, -0.15) is 13.2 Å². The molecule has 1 spiro atoms. The zero-order valence-corrected chi connectivity index (χ0v) is 20.7. The minimum Gasteiger partial charge on any atom is -0.371 e. The predicted octanol–water partition coefficient (Wildman–Crippen LogP) is 5.70. The molecule has 2 fully saturated rings. The zero-order valence-electron chi connectivity index (χ0n) is 20.0. The number of hydrogen-bond donors (Lipinski definition) is 2. The number of fused-ring (bicyclic) bond motifs is 1. The molecule has 2 amide bonds. The topological polar surface area (TPSA) is 70.7 Å². The van der Waals surface area contributed by atoms with Crippen LogP contribution in [0.25, 0.3) is 0 Å². The molecule has 202 valence electrons. The van der Waals surface area contributed by atoms with Crippen LogP contribution in [0.15, 0.2) is 48.5 Å². The highest BCUT2D eigenvalue weighted by molar-refractivity contribution is 6.31. The summed E-state index contributed by atoms with van der Waals surface area (Å²) in [5, 5.41) is 5.45. The molecular weight excluding hydrogens is 545 g/mol. The van der Waals surface area contributed by atoms with Crippen LogP contribution in [-0.2, 0) is 10.9 Å². The van der Waals surface area contributed by atoms with E-state index in [9.17, 15) is 31.5 Å². The van der Waals surface area contributed by atoms with Crippen molar-refractivity contribution in [2.24, 2.45) is 0 Å². The number of ether oxygens (including phenoxy) is 1. The molecule has 0 saturated carbocycles. The van der Waals surface area contributed by atoms with E-state index >= 15 is 0 Å². The van der Waals surface area contributed by atoms with Crippen molar-refractivity contribution < 1.29 is 36.3 Å². The number of nitrogens with one attached hydrogen (secondary N) is 2. The summed E-state index contributed by atoms with van der Waals surface area (Å²) < 4.78 is 73.6. The molecule has 3 aliphatic heterocycles. The normalized spacial score (nSPS) is 19.3. The highest BCUT2D eigenvalue weighted by Gasteiger charge is 2.49. The van der Waals surface area contributed by atoms with Gasteiger partial charge in [0.05, 0.1) is 18.2 Å². The first-order valence-electron chi connectivity index (χ1n) is 11.9. The maximum atomic E-state index is 14.1. The molecule has 2 N–H and O–H groups in total. The Kier molecular flexibility index (Phi) is 5.85. The van der Waals surface area contributed by atoms with Gasteiger partial charge >= 0.3 is 6.18 Å². The molecule has 0 bridgehead atoms. The Labute approximate surface area is 223 Å². The lowest BCUT2D eigenvalue weighted by atomic mass is 9.85. The molecule has 12 heteroatoms. The van der Waals surface area contributed by atoms with Gasteiger partial charge in [0.1, 0.15) is 17.2 Å². The number of rotatable bonds is 4. The van der Waals surface area contributed by atoms with E-state index in [0.717, 1.165) is 18.6 Å². The average molecular weight is 564 g/mol. The first-order valence-corrected chi connectivity index (χ1v) is 12.3. The lowest BCUT2D eigenvalue weighted by Crippen LogP contribution is -2.68. The van der Waals surface area contributed by atoms with Crippen molar-refractivity contribution >= 4 is 34.8 Å². The van der Waals surface area contributed by atoms with Gasteiger partial charge < -0.3 is 20.3 Å². The van der Waals surface area contributed by atoms with Crippen LogP contribution in [0.2, 0.25) is 5.02 Å². The van der Waals surface area contributed by atoms with Crippen molar-refractivity contribution in [3.63, 3.8) is 0 Å². The number of nitrogens with zero attached hydrogens (tertiary/aromatic N) is 1. The third-order valence-corrected chi connectivity index (χ3v) is 7.61. The van der Waals surface area contributed by atoms with Gasteiger partial charge in [-0.05, 0) is 48.5 Å². The summed E-state index contributed by atoms with van der Waals surface area (Å²) in [5.74, 6) is -3.37. The predicted molar refractivity (Wildman–Crippen MR) is 132 cm³/mol. The average Bonchev–Trinajstić information content (AvgIpc) is 3.14. The third-order valence-electron chi connectivity index (χ3n) is 7.27. The molecule has 3 aromatic rings. The second kappa shape index (κ2) is 8.92. The number of anilines is 2. The molecule has 1 unspecified atom stereocenters. The Morgan fingerprint density at radius 1 is 1.08 bits per heavy atom. The lowest BCUT2D eigenvalue weighted by molar-refractivity contribution is -0.160. The SMILES string of the molecule is O=C(Nc1cc(N2CC3(CCO3)C2)cc2c1C(c1cc(F)ccc1Cl)NC2=O)c1cc(F)cc(C(F)(F)F)c1. The van der Waals surface area contributed by atoms with E-state index in [1.54, 1.807) is 12.1 Å². The van der Waals surface area contributed by atoms with Gasteiger partial charge in [0.15, 0.2) is 0 Å². The molecule has 6 rings (SSSR count). The number of carbonyl (C=O) groups excluding carboxylic acids is 2. The van der Waals surface area contributed by atoms with Gasteiger partial charge in [-0.1, -0.05) is 11.6 Å². The maximum Gasteiger partial charge on any atom is 0.416 e. The van der Waals surface area contributed by atoms with E-state index in [4.69, 9.17) is 16.3 Å². The summed E-state index contributed by atoms with van der Waals surface area (Å²) in [6.07, 6.45) is -3.98. The largest absolute Gasteiger partial charge is 0.416 e. The second-order valence-electron chi connectivity index (χ2n) is 9.84. The molecule has 3 heterocycles. The summed E-state index contributed by atoms with van der Waals surface area (Å²) in [6, 6.07) is 7.39. The molecule has 3 aliphatic rings. The minimum absolute atomic E-state index is 0.0875. The zero-order chi connectivity index (χ0) is 27.7. The van der Waals surface area contributed by atoms with Crippen LogP contribution >= 0.6 is 11.6 Å². The summed E-state index contributed by atoms with van der Waals surface area (Å²) in [7, 11) is 0. The Balaban J connectivity index is 1.43. The molecule has 1 atom stereocenters. The van der Waals surface area contributed by atoms with E-state index in [2.05, 4.69) is 10.6 Å². The molecule has 0 aromatic heterocycles. The highest BCUT2D eigenvalue weighted by Crippen LogP contribution is 2.45. The second-order valence-corrected chi connectivity index (χ2v) is 10.3. The number of alkyl halides is 3.